The predicted octanol–water partition coefficient (Wildman–Crippen LogP) is 3.85. The van der Waals surface area contributed by atoms with Crippen molar-refractivity contribution in [1.29, 1.82) is 0 Å². The molecule has 6 nitrogen and oxygen atoms in total. The highest BCUT2D eigenvalue weighted by Gasteiger charge is 2.46. The van der Waals surface area contributed by atoms with Crippen LogP contribution in [0.2, 0.25) is 0 Å². The molecule has 1 fully saturated rings. The number of nitrogens with zero attached hydrogens (tertiary/aromatic N) is 1. The van der Waals surface area contributed by atoms with Crippen molar-refractivity contribution in [1.82, 2.24) is 4.90 Å². The summed E-state index contributed by atoms with van der Waals surface area (Å²) in [4.78, 5) is 27.2. The first kappa shape index (κ1) is 21.6. The SMILES string of the molecule is COCCN1C(=O)C(=O)/C(=C(\O)c2ccc(C)cc2)C1c1cccc(OC(C)C)c1. The summed E-state index contributed by atoms with van der Waals surface area (Å²) >= 11 is 0. The van der Waals surface area contributed by atoms with Gasteiger partial charge in [0.1, 0.15) is 11.5 Å². The Morgan fingerprint density at radius 2 is 1.83 bits per heavy atom. The minimum Gasteiger partial charge on any atom is -0.507 e. The molecule has 30 heavy (non-hydrogen) atoms. The normalized spacial score (nSPS) is 18.3. The molecule has 1 saturated heterocycles. The van der Waals surface area contributed by atoms with Crippen molar-refractivity contribution in [2.24, 2.45) is 0 Å². The third kappa shape index (κ3) is 4.39. The van der Waals surface area contributed by atoms with Crippen molar-refractivity contribution < 1.29 is 24.2 Å². The van der Waals surface area contributed by atoms with Crippen molar-refractivity contribution in [2.45, 2.75) is 32.9 Å². The van der Waals surface area contributed by atoms with E-state index in [1.54, 1.807) is 18.2 Å². The van der Waals surface area contributed by atoms with Gasteiger partial charge in [-0.2, -0.15) is 0 Å². The van der Waals surface area contributed by atoms with E-state index in [1.807, 2.05) is 51.1 Å². The second-order valence-corrected chi connectivity index (χ2v) is 7.59. The minimum atomic E-state index is -0.725. The Labute approximate surface area is 176 Å². The number of aryl methyl sites for hydroxylation is 1. The van der Waals surface area contributed by atoms with Crippen LogP contribution in [0.5, 0.6) is 5.75 Å². The van der Waals surface area contributed by atoms with Gasteiger partial charge in [-0.3, -0.25) is 9.59 Å². The average molecular weight is 409 g/mol. The van der Waals surface area contributed by atoms with Crippen LogP contribution < -0.4 is 4.74 Å². The Balaban J connectivity index is 2.14. The molecule has 1 aliphatic heterocycles. The van der Waals surface area contributed by atoms with E-state index >= 15 is 0 Å². The molecule has 3 rings (SSSR count). The highest BCUT2D eigenvalue weighted by Crippen LogP contribution is 2.40. The molecule has 1 amide bonds. The van der Waals surface area contributed by atoms with Crippen molar-refractivity contribution in [3.05, 3.63) is 70.8 Å². The number of carbonyl (C=O) groups excluding carboxylic acids is 2. The standard InChI is InChI=1S/C24H27NO5/c1-15(2)30-19-7-5-6-18(14-19)21-20(22(26)17-10-8-16(3)9-11-17)23(27)24(28)25(21)12-13-29-4/h5-11,14-15,21,26H,12-13H2,1-4H3/b22-20-. The summed E-state index contributed by atoms with van der Waals surface area (Å²) in [5.74, 6) is -0.908. The Morgan fingerprint density at radius 3 is 2.47 bits per heavy atom. The van der Waals surface area contributed by atoms with Gasteiger partial charge in [-0.05, 0) is 38.5 Å². The van der Waals surface area contributed by atoms with Gasteiger partial charge >= 0.3 is 0 Å². The summed E-state index contributed by atoms with van der Waals surface area (Å²) in [6, 6.07) is 13.7. The lowest BCUT2D eigenvalue weighted by Gasteiger charge is -2.25. The third-order valence-corrected chi connectivity index (χ3v) is 4.95. The van der Waals surface area contributed by atoms with E-state index in [9.17, 15) is 14.7 Å². The molecular formula is C24H27NO5. The van der Waals surface area contributed by atoms with E-state index in [-0.39, 0.29) is 30.6 Å². The second kappa shape index (κ2) is 9.13. The van der Waals surface area contributed by atoms with Crippen LogP contribution in [0.1, 0.15) is 36.6 Å². The molecule has 0 aromatic heterocycles. The van der Waals surface area contributed by atoms with Gasteiger partial charge in [0.2, 0.25) is 0 Å². The molecule has 1 N–H and O–H groups in total. The molecule has 158 valence electrons. The molecule has 0 bridgehead atoms. The summed E-state index contributed by atoms with van der Waals surface area (Å²) in [6.45, 7) is 6.29. The predicted molar refractivity (Wildman–Crippen MR) is 114 cm³/mol. The second-order valence-electron chi connectivity index (χ2n) is 7.59. The minimum absolute atomic E-state index is 0.0207. The Hall–Kier alpha value is -3.12. The fourth-order valence-electron chi connectivity index (χ4n) is 3.54. The van der Waals surface area contributed by atoms with Crippen molar-refractivity contribution in [3.63, 3.8) is 0 Å². The van der Waals surface area contributed by atoms with Crippen LogP contribution in [0.3, 0.4) is 0 Å². The molecule has 1 aliphatic rings. The van der Waals surface area contributed by atoms with Gasteiger partial charge in [-0.15, -0.1) is 0 Å². The first-order valence-corrected chi connectivity index (χ1v) is 9.94. The number of Topliss-reactive ketones (excluding diaryl/α,β-unsaturated/α-hetero) is 1. The van der Waals surface area contributed by atoms with Gasteiger partial charge in [-0.1, -0.05) is 42.0 Å². The first-order chi connectivity index (χ1) is 14.3. The summed E-state index contributed by atoms with van der Waals surface area (Å²) in [5.41, 5.74) is 2.28. The van der Waals surface area contributed by atoms with Crippen LogP contribution in [0.25, 0.3) is 5.76 Å². The van der Waals surface area contributed by atoms with Gasteiger partial charge < -0.3 is 19.5 Å². The molecule has 1 unspecified atom stereocenters. The maximum Gasteiger partial charge on any atom is 0.295 e. The van der Waals surface area contributed by atoms with Gasteiger partial charge in [-0.25, -0.2) is 0 Å². The van der Waals surface area contributed by atoms with Gasteiger partial charge in [0, 0.05) is 19.2 Å². The number of methoxy groups -OCH3 is 1. The van der Waals surface area contributed by atoms with Crippen molar-refractivity contribution in [2.75, 3.05) is 20.3 Å². The lowest BCUT2D eigenvalue weighted by atomic mass is 9.95. The fourth-order valence-corrected chi connectivity index (χ4v) is 3.54. The molecule has 0 aliphatic carbocycles. The van der Waals surface area contributed by atoms with Gasteiger partial charge in [0.15, 0.2) is 0 Å². The van der Waals surface area contributed by atoms with Crippen LogP contribution in [-0.4, -0.2) is 48.1 Å². The number of amides is 1. The highest BCUT2D eigenvalue weighted by atomic mass is 16.5. The average Bonchev–Trinajstić information content (AvgIpc) is 2.96. The number of benzene rings is 2. The van der Waals surface area contributed by atoms with Crippen molar-refractivity contribution >= 4 is 17.4 Å². The van der Waals surface area contributed by atoms with Crippen molar-refractivity contribution in [3.8, 4) is 5.75 Å². The monoisotopic (exact) mass is 409 g/mol. The summed E-state index contributed by atoms with van der Waals surface area (Å²) in [6.07, 6.45) is -0.0207. The Bertz CT molecular complexity index is 962. The molecule has 0 radical (unpaired) electrons. The van der Waals surface area contributed by atoms with E-state index in [0.29, 0.717) is 16.9 Å². The number of carbonyl (C=O) groups is 2. The fraction of sp³-hybridized carbons (Fsp3) is 0.333. The number of hydrogen-bond acceptors (Lipinski definition) is 5. The zero-order chi connectivity index (χ0) is 21.8. The largest absolute Gasteiger partial charge is 0.507 e. The third-order valence-electron chi connectivity index (χ3n) is 4.95. The van der Waals surface area contributed by atoms with E-state index in [1.165, 1.54) is 12.0 Å². The lowest BCUT2D eigenvalue weighted by Crippen LogP contribution is -2.32. The number of aliphatic hydroxyl groups excluding tert-OH is 1. The maximum atomic E-state index is 12.9. The molecule has 2 aromatic carbocycles. The zero-order valence-corrected chi connectivity index (χ0v) is 17.7. The summed E-state index contributed by atoms with van der Waals surface area (Å²) < 4.78 is 10.9. The molecular weight excluding hydrogens is 382 g/mol. The van der Waals surface area contributed by atoms with E-state index in [0.717, 1.165) is 5.56 Å². The first-order valence-electron chi connectivity index (χ1n) is 9.94. The van der Waals surface area contributed by atoms with E-state index in [2.05, 4.69) is 0 Å². The van der Waals surface area contributed by atoms with Crippen LogP contribution >= 0.6 is 0 Å². The molecule has 0 spiro atoms. The topological polar surface area (TPSA) is 76.1 Å². The Morgan fingerprint density at radius 1 is 1.13 bits per heavy atom. The molecule has 1 heterocycles. The van der Waals surface area contributed by atoms with Crippen LogP contribution in [0, 0.1) is 6.92 Å². The Kier molecular flexibility index (Phi) is 6.57. The summed E-state index contributed by atoms with van der Waals surface area (Å²) in [7, 11) is 1.54. The van der Waals surface area contributed by atoms with Crippen LogP contribution in [0.4, 0.5) is 0 Å². The smallest absolute Gasteiger partial charge is 0.295 e. The number of aliphatic hydroxyl groups is 1. The van der Waals surface area contributed by atoms with E-state index < -0.39 is 17.7 Å². The van der Waals surface area contributed by atoms with Gasteiger partial charge in [0.05, 0.1) is 24.3 Å². The van der Waals surface area contributed by atoms with E-state index in [4.69, 9.17) is 9.47 Å². The molecule has 1 atom stereocenters. The summed E-state index contributed by atoms with van der Waals surface area (Å²) in [5, 5.41) is 11.0. The number of likely N-dealkylation sites (tertiary alicyclic amines) is 1. The maximum absolute atomic E-state index is 12.9. The zero-order valence-electron chi connectivity index (χ0n) is 17.7. The van der Waals surface area contributed by atoms with Crippen LogP contribution in [0.15, 0.2) is 54.1 Å². The number of hydrogen-bond donors (Lipinski definition) is 1. The quantitative estimate of drug-likeness (QED) is 0.427. The van der Waals surface area contributed by atoms with Gasteiger partial charge in [0.25, 0.3) is 11.7 Å². The number of ketones is 1. The molecule has 2 aromatic rings. The highest BCUT2D eigenvalue weighted by molar-refractivity contribution is 6.46. The number of rotatable bonds is 7. The molecule has 0 saturated carbocycles. The van der Waals surface area contributed by atoms with Crippen LogP contribution in [-0.2, 0) is 14.3 Å². The lowest BCUT2D eigenvalue weighted by molar-refractivity contribution is -0.140. The molecule has 6 heteroatoms. The number of ether oxygens (including phenoxy) is 2.